The largest absolute Gasteiger partial charge is 0.456 e. The Morgan fingerprint density at radius 2 is 1.84 bits per heavy atom. The molecule has 0 radical (unpaired) electrons. The van der Waals surface area contributed by atoms with Crippen LogP contribution in [0.4, 0.5) is 0 Å². The summed E-state index contributed by atoms with van der Waals surface area (Å²) in [5.41, 5.74) is -1.49. The summed E-state index contributed by atoms with van der Waals surface area (Å²) in [6, 6.07) is 6.48. The first-order valence-corrected chi connectivity index (χ1v) is 12.5. The molecule has 1 aliphatic heterocycles. The first kappa shape index (κ1) is 30.9. The van der Waals surface area contributed by atoms with Crippen molar-refractivity contribution in [3.8, 4) is 0 Å². The molecule has 1 aromatic carbocycles. The summed E-state index contributed by atoms with van der Waals surface area (Å²) in [7, 11) is 0. The van der Waals surface area contributed by atoms with E-state index in [9.17, 15) is 39.1 Å². The second kappa shape index (κ2) is 14.0. The van der Waals surface area contributed by atoms with E-state index < -0.39 is 65.8 Å². The number of Topliss-reactive ketones (excluding diaryl/α,β-unsaturated/α-hetero) is 3. The number of rotatable bonds is 15. The fourth-order valence-electron chi connectivity index (χ4n) is 4.36. The van der Waals surface area contributed by atoms with E-state index in [1.165, 1.54) is 18.7 Å². The monoisotopic (exact) mass is 533 g/mol. The molecule has 0 aromatic heterocycles. The second-order valence-electron chi connectivity index (χ2n) is 9.42. The van der Waals surface area contributed by atoms with Gasteiger partial charge in [-0.15, -0.1) is 4.91 Å². The molecule has 2 rings (SSSR count). The minimum atomic E-state index is -2.40. The molecule has 0 spiro atoms. The molecule has 1 saturated heterocycles. The number of hydrogen-bond acceptors (Lipinski definition) is 11. The van der Waals surface area contributed by atoms with Gasteiger partial charge >= 0.3 is 5.97 Å². The Morgan fingerprint density at radius 3 is 2.42 bits per heavy atom. The van der Waals surface area contributed by atoms with Gasteiger partial charge in [0.25, 0.3) is 0 Å². The van der Waals surface area contributed by atoms with Gasteiger partial charge in [-0.3, -0.25) is 29.3 Å². The van der Waals surface area contributed by atoms with E-state index >= 15 is 0 Å². The number of likely N-dealkylation sites (tertiary alicyclic amines) is 1. The number of benzene rings is 1. The Hall–Kier alpha value is -3.35. The fourth-order valence-corrected chi connectivity index (χ4v) is 4.36. The van der Waals surface area contributed by atoms with Gasteiger partial charge in [-0.05, 0) is 50.3 Å². The molecular formula is C26H35N3O9. The quantitative estimate of drug-likeness (QED) is 0.0942. The van der Waals surface area contributed by atoms with Crippen molar-refractivity contribution in [1.82, 2.24) is 10.2 Å². The van der Waals surface area contributed by atoms with Crippen LogP contribution in [0.1, 0.15) is 52.0 Å². The van der Waals surface area contributed by atoms with Gasteiger partial charge in [-0.2, -0.15) is 0 Å². The van der Waals surface area contributed by atoms with Gasteiger partial charge in [0.15, 0.2) is 18.7 Å². The number of aryl methyl sites for hydroxylation is 1. The Morgan fingerprint density at radius 1 is 1.18 bits per heavy atom. The SMILES string of the molecule is CCC(=O)C(C)(N=O)C(=O)C(=O)COC(=O)C(CCc1ccccc1)NC(C)C(=O)N1CCCC1C(O)O. The molecule has 0 aliphatic carbocycles. The van der Waals surface area contributed by atoms with Crippen molar-refractivity contribution in [2.45, 2.75) is 82.8 Å². The normalized spacial score (nSPS) is 18.4. The summed E-state index contributed by atoms with van der Waals surface area (Å²) in [6.45, 7) is 3.22. The average molecular weight is 534 g/mol. The maximum atomic E-state index is 13.0. The first-order valence-electron chi connectivity index (χ1n) is 12.5. The van der Waals surface area contributed by atoms with Crippen LogP contribution in [0, 0.1) is 4.91 Å². The molecule has 12 heteroatoms. The Kier molecular flexibility index (Phi) is 11.4. The van der Waals surface area contributed by atoms with E-state index in [1.54, 1.807) is 0 Å². The molecule has 1 aromatic rings. The third-order valence-electron chi connectivity index (χ3n) is 6.68. The fraction of sp³-hybridized carbons (Fsp3) is 0.577. The maximum absolute atomic E-state index is 13.0. The van der Waals surface area contributed by atoms with Crippen molar-refractivity contribution >= 4 is 29.2 Å². The summed E-state index contributed by atoms with van der Waals surface area (Å²) in [4.78, 5) is 75.3. The third-order valence-corrected chi connectivity index (χ3v) is 6.68. The lowest BCUT2D eigenvalue weighted by Gasteiger charge is -2.30. The Bertz CT molecular complexity index is 1030. The van der Waals surface area contributed by atoms with Crippen LogP contribution in [0.5, 0.6) is 0 Å². The minimum absolute atomic E-state index is 0.177. The summed E-state index contributed by atoms with van der Waals surface area (Å²) in [6.07, 6.45) is -0.254. The van der Waals surface area contributed by atoms with E-state index in [4.69, 9.17) is 4.74 Å². The van der Waals surface area contributed by atoms with Gasteiger partial charge in [-0.25, -0.2) is 0 Å². The molecule has 1 fully saturated rings. The molecule has 1 aliphatic rings. The van der Waals surface area contributed by atoms with Gasteiger partial charge in [0.1, 0.15) is 6.04 Å². The molecule has 1 heterocycles. The minimum Gasteiger partial charge on any atom is -0.456 e. The molecule has 4 unspecified atom stereocenters. The van der Waals surface area contributed by atoms with Crippen LogP contribution < -0.4 is 5.32 Å². The van der Waals surface area contributed by atoms with Crippen LogP contribution in [-0.4, -0.2) is 87.4 Å². The van der Waals surface area contributed by atoms with Gasteiger partial charge in [0, 0.05) is 13.0 Å². The van der Waals surface area contributed by atoms with Crippen molar-refractivity contribution in [3.63, 3.8) is 0 Å². The highest BCUT2D eigenvalue weighted by Gasteiger charge is 2.45. The number of esters is 1. The van der Waals surface area contributed by atoms with Crippen LogP contribution in [0.25, 0.3) is 0 Å². The molecule has 3 N–H and O–H groups in total. The standard InChI is InChI=1S/C26H35N3O9/c1-4-21(31)26(3,28-37)22(32)20(30)15-38-25(36)18(13-12-17-9-6-5-7-10-17)27-16(2)23(33)29-14-8-11-19(29)24(34)35/h5-7,9-10,16,18-19,24,27,34-35H,4,8,11-15H2,1-3H3. The lowest BCUT2D eigenvalue weighted by molar-refractivity contribution is -0.154. The lowest BCUT2D eigenvalue weighted by Crippen LogP contribution is -2.54. The number of carbonyl (C=O) groups is 5. The van der Waals surface area contributed by atoms with Crippen molar-refractivity contribution < 1.29 is 38.9 Å². The van der Waals surface area contributed by atoms with Crippen LogP contribution in [0.15, 0.2) is 35.5 Å². The van der Waals surface area contributed by atoms with Gasteiger partial charge in [-0.1, -0.05) is 37.3 Å². The van der Waals surface area contributed by atoms with Crippen LogP contribution in [0.2, 0.25) is 0 Å². The van der Waals surface area contributed by atoms with Gasteiger partial charge in [0.05, 0.1) is 12.1 Å². The smallest absolute Gasteiger partial charge is 0.323 e. The molecular weight excluding hydrogens is 498 g/mol. The zero-order valence-electron chi connectivity index (χ0n) is 21.8. The number of ketones is 3. The molecule has 38 heavy (non-hydrogen) atoms. The van der Waals surface area contributed by atoms with Crippen LogP contribution in [0.3, 0.4) is 0 Å². The van der Waals surface area contributed by atoms with Gasteiger partial charge in [0.2, 0.25) is 23.0 Å². The summed E-state index contributed by atoms with van der Waals surface area (Å²) in [5.74, 6) is -4.81. The number of amides is 1. The van der Waals surface area contributed by atoms with E-state index in [2.05, 4.69) is 10.5 Å². The highest BCUT2D eigenvalue weighted by Crippen LogP contribution is 2.21. The van der Waals surface area contributed by atoms with Crippen molar-refractivity contribution in [1.29, 1.82) is 0 Å². The maximum Gasteiger partial charge on any atom is 0.323 e. The van der Waals surface area contributed by atoms with Crippen molar-refractivity contribution in [2.24, 2.45) is 5.18 Å². The molecule has 208 valence electrons. The molecule has 1 amide bonds. The number of aliphatic hydroxyl groups is 2. The van der Waals surface area contributed by atoms with Crippen LogP contribution >= 0.6 is 0 Å². The number of carbonyl (C=O) groups excluding carboxylic acids is 5. The van der Waals surface area contributed by atoms with E-state index in [0.29, 0.717) is 25.8 Å². The Labute approximate surface area is 220 Å². The second-order valence-corrected chi connectivity index (χ2v) is 9.42. The van der Waals surface area contributed by atoms with Gasteiger partial charge < -0.3 is 19.8 Å². The van der Waals surface area contributed by atoms with Crippen molar-refractivity contribution in [3.05, 3.63) is 40.8 Å². The third kappa shape index (κ3) is 7.59. The van der Waals surface area contributed by atoms with Crippen LogP contribution in [-0.2, 0) is 35.1 Å². The number of nitroso groups, excluding NO2 is 1. The number of nitrogens with zero attached hydrogens (tertiary/aromatic N) is 2. The van der Waals surface area contributed by atoms with E-state index in [0.717, 1.165) is 12.5 Å². The summed E-state index contributed by atoms with van der Waals surface area (Å²) >= 11 is 0. The lowest BCUT2D eigenvalue weighted by atomic mass is 9.88. The number of hydrogen-bond donors (Lipinski definition) is 3. The highest BCUT2D eigenvalue weighted by atomic mass is 16.5. The Balaban J connectivity index is 2.11. The predicted molar refractivity (Wildman–Crippen MR) is 135 cm³/mol. The molecule has 4 atom stereocenters. The number of ether oxygens (including phenoxy) is 1. The highest BCUT2D eigenvalue weighted by molar-refractivity contribution is 6.45. The molecule has 12 nitrogen and oxygen atoms in total. The number of nitrogens with one attached hydrogen (secondary N) is 1. The van der Waals surface area contributed by atoms with Crippen molar-refractivity contribution in [2.75, 3.05) is 13.2 Å². The number of aliphatic hydroxyl groups excluding tert-OH is 1. The zero-order valence-corrected chi connectivity index (χ0v) is 21.8. The zero-order chi connectivity index (χ0) is 28.5. The predicted octanol–water partition coefficient (Wildman–Crippen LogP) is 0.453. The molecule has 0 saturated carbocycles. The topological polar surface area (TPSA) is 180 Å². The van der Waals surface area contributed by atoms with E-state index in [1.807, 2.05) is 30.3 Å². The molecule has 0 bridgehead atoms. The first-order chi connectivity index (χ1) is 18.0. The average Bonchev–Trinajstić information content (AvgIpc) is 3.42. The summed E-state index contributed by atoms with van der Waals surface area (Å²) in [5, 5.41) is 24.6. The summed E-state index contributed by atoms with van der Waals surface area (Å²) < 4.78 is 5.06. The van der Waals surface area contributed by atoms with E-state index in [-0.39, 0.29) is 12.8 Å².